The fraction of sp³-hybridized carbons (Fsp3) is 0.0667. The van der Waals surface area contributed by atoms with Gasteiger partial charge in [0, 0.05) is 0 Å². The molecule has 0 aliphatic carbocycles. The van der Waals surface area contributed by atoms with E-state index in [1.165, 1.54) is 6.07 Å². The van der Waals surface area contributed by atoms with Gasteiger partial charge in [0.15, 0.2) is 5.65 Å². The van der Waals surface area contributed by atoms with Gasteiger partial charge >= 0.3 is 0 Å². The predicted octanol–water partition coefficient (Wildman–Crippen LogP) is 2.47. The Hall–Kier alpha value is -3.18. The molecule has 5 nitrogen and oxygen atoms in total. The van der Waals surface area contributed by atoms with Gasteiger partial charge in [0.1, 0.15) is 17.8 Å². The highest BCUT2D eigenvalue weighted by atomic mass is 15.3. The van der Waals surface area contributed by atoms with Crippen molar-refractivity contribution < 1.29 is 0 Å². The van der Waals surface area contributed by atoms with Gasteiger partial charge in [0.2, 0.25) is 0 Å². The molecule has 5 heteroatoms. The summed E-state index contributed by atoms with van der Waals surface area (Å²) in [6.07, 6.45) is 0. The van der Waals surface area contributed by atoms with Crippen LogP contribution in [0.25, 0.3) is 16.7 Å². The molecule has 0 fully saturated rings. The summed E-state index contributed by atoms with van der Waals surface area (Å²) in [5.74, 6) is 0. The Bertz CT molecular complexity index is 878. The SMILES string of the molecule is Cc1nn(-c2ccccc2)c2nc(C#N)cc(C#N)c12. The number of aryl methyl sites for hydroxylation is 1. The Morgan fingerprint density at radius 3 is 2.50 bits per heavy atom. The van der Waals surface area contributed by atoms with Crippen molar-refractivity contribution in [3.8, 4) is 17.8 Å². The number of rotatable bonds is 1. The van der Waals surface area contributed by atoms with E-state index in [4.69, 9.17) is 5.26 Å². The Morgan fingerprint density at radius 2 is 1.85 bits per heavy atom. The first-order valence-corrected chi connectivity index (χ1v) is 6.00. The number of nitrogens with zero attached hydrogens (tertiary/aromatic N) is 5. The second-order valence-electron chi connectivity index (χ2n) is 4.31. The zero-order chi connectivity index (χ0) is 14.1. The number of hydrogen-bond acceptors (Lipinski definition) is 4. The first-order valence-electron chi connectivity index (χ1n) is 6.00. The highest BCUT2D eigenvalue weighted by molar-refractivity contribution is 5.86. The number of benzene rings is 1. The van der Waals surface area contributed by atoms with Crippen LogP contribution in [0.1, 0.15) is 17.0 Å². The molecule has 3 aromatic rings. The van der Waals surface area contributed by atoms with E-state index in [0.29, 0.717) is 16.6 Å². The summed E-state index contributed by atoms with van der Waals surface area (Å²) in [4.78, 5) is 4.29. The molecule has 0 aliphatic rings. The topological polar surface area (TPSA) is 78.3 Å². The highest BCUT2D eigenvalue weighted by Gasteiger charge is 2.15. The molecule has 3 rings (SSSR count). The molecule has 2 aromatic heterocycles. The zero-order valence-corrected chi connectivity index (χ0v) is 10.7. The molecule has 1 aromatic carbocycles. The standard InChI is InChI=1S/C15H9N5/c1-10-14-11(8-16)7-12(9-17)18-15(14)20(19-10)13-5-3-2-4-6-13/h2-7H,1H3. The van der Waals surface area contributed by atoms with E-state index in [9.17, 15) is 5.26 Å². The quantitative estimate of drug-likeness (QED) is 0.672. The van der Waals surface area contributed by atoms with E-state index in [2.05, 4.69) is 16.2 Å². The summed E-state index contributed by atoms with van der Waals surface area (Å²) in [7, 11) is 0. The van der Waals surface area contributed by atoms with E-state index in [1.54, 1.807) is 4.68 Å². The lowest BCUT2D eigenvalue weighted by Crippen LogP contribution is -1.98. The van der Waals surface area contributed by atoms with Crippen LogP contribution in [0.5, 0.6) is 0 Å². The van der Waals surface area contributed by atoms with Crippen molar-refractivity contribution in [3.05, 3.63) is 53.3 Å². The van der Waals surface area contributed by atoms with E-state index in [0.717, 1.165) is 11.4 Å². The van der Waals surface area contributed by atoms with Crippen molar-refractivity contribution in [1.29, 1.82) is 10.5 Å². The van der Waals surface area contributed by atoms with Gasteiger partial charge in [0.25, 0.3) is 0 Å². The van der Waals surface area contributed by atoms with Crippen molar-refractivity contribution in [1.82, 2.24) is 14.8 Å². The van der Waals surface area contributed by atoms with Crippen LogP contribution in [0.2, 0.25) is 0 Å². The summed E-state index contributed by atoms with van der Waals surface area (Å²) in [5.41, 5.74) is 2.73. The average molecular weight is 259 g/mol. The molecule has 94 valence electrons. The summed E-state index contributed by atoms with van der Waals surface area (Å²) in [5, 5.41) is 23.4. The normalized spacial score (nSPS) is 10.2. The van der Waals surface area contributed by atoms with Crippen LogP contribution in [0.3, 0.4) is 0 Å². The number of pyridine rings is 1. The molecule has 0 saturated carbocycles. The van der Waals surface area contributed by atoms with E-state index in [1.807, 2.05) is 43.3 Å². The van der Waals surface area contributed by atoms with Gasteiger partial charge in [-0.1, -0.05) is 18.2 Å². The van der Waals surface area contributed by atoms with Crippen LogP contribution in [0.4, 0.5) is 0 Å². The minimum absolute atomic E-state index is 0.214. The number of para-hydroxylation sites is 1. The molecular weight excluding hydrogens is 250 g/mol. The number of nitriles is 2. The van der Waals surface area contributed by atoms with Crippen LogP contribution in [0.15, 0.2) is 36.4 Å². The molecule has 0 N–H and O–H groups in total. The molecule has 0 aliphatic heterocycles. The summed E-state index contributed by atoms with van der Waals surface area (Å²) < 4.78 is 1.66. The summed E-state index contributed by atoms with van der Waals surface area (Å²) in [6.45, 7) is 1.83. The maximum atomic E-state index is 9.24. The summed E-state index contributed by atoms with van der Waals surface area (Å²) in [6, 6.07) is 15.1. The number of fused-ring (bicyclic) bond motifs is 1. The fourth-order valence-electron chi connectivity index (χ4n) is 2.18. The zero-order valence-electron chi connectivity index (χ0n) is 10.7. The second kappa shape index (κ2) is 4.49. The third-order valence-corrected chi connectivity index (χ3v) is 3.05. The number of aromatic nitrogens is 3. The smallest absolute Gasteiger partial charge is 0.165 e. The predicted molar refractivity (Wildman–Crippen MR) is 73.0 cm³/mol. The minimum Gasteiger partial charge on any atom is -0.217 e. The third-order valence-electron chi connectivity index (χ3n) is 3.05. The van der Waals surface area contributed by atoms with Crippen molar-refractivity contribution >= 4 is 11.0 Å². The first kappa shape index (κ1) is 11.9. The van der Waals surface area contributed by atoms with Gasteiger partial charge in [-0.2, -0.15) is 15.6 Å². The van der Waals surface area contributed by atoms with Crippen LogP contribution in [-0.4, -0.2) is 14.8 Å². The molecule has 0 amide bonds. The minimum atomic E-state index is 0.214. The van der Waals surface area contributed by atoms with Crippen LogP contribution in [-0.2, 0) is 0 Å². The van der Waals surface area contributed by atoms with Crippen LogP contribution < -0.4 is 0 Å². The maximum Gasteiger partial charge on any atom is 0.165 e. The molecule has 0 radical (unpaired) electrons. The third kappa shape index (κ3) is 1.70. The van der Waals surface area contributed by atoms with Gasteiger partial charge in [0.05, 0.1) is 22.3 Å². The highest BCUT2D eigenvalue weighted by Crippen LogP contribution is 2.24. The van der Waals surface area contributed by atoms with E-state index >= 15 is 0 Å². The molecule has 0 atom stereocenters. The van der Waals surface area contributed by atoms with Crippen molar-refractivity contribution in [3.63, 3.8) is 0 Å². The van der Waals surface area contributed by atoms with Gasteiger partial charge in [-0.25, -0.2) is 9.67 Å². The lowest BCUT2D eigenvalue weighted by molar-refractivity contribution is 0.877. The second-order valence-corrected chi connectivity index (χ2v) is 4.31. The van der Waals surface area contributed by atoms with Crippen LogP contribution in [0, 0.1) is 29.6 Å². The lowest BCUT2D eigenvalue weighted by Gasteiger charge is -2.02. The van der Waals surface area contributed by atoms with Gasteiger partial charge < -0.3 is 0 Å². The summed E-state index contributed by atoms with van der Waals surface area (Å²) >= 11 is 0. The Balaban J connectivity index is 2.42. The molecule has 0 unspecified atom stereocenters. The van der Waals surface area contributed by atoms with Crippen molar-refractivity contribution in [2.75, 3.05) is 0 Å². The van der Waals surface area contributed by atoms with Crippen molar-refractivity contribution in [2.24, 2.45) is 0 Å². The van der Waals surface area contributed by atoms with Crippen molar-refractivity contribution in [2.45, 2.75) is 6.92 Å². The molecule has 0 spiro atoms. The van der Waals surface area contributed by atoms with Gasteiger partial charge in [-0.3, -0.25) is 0 Å². The maximum absolute atomic E-state index is 9.24. The molecule has 0 saturated heterocycles. The van der Waals surface area contributed by atoms with Crippen LogP contribution >= 0.6 is 0 Å². The Morgan fingerprint density at radius 1 is 1.10 bits per heavy atom. The molecule has 20 heavy (non-hydrogen) atoms. The Kier molecular flexibility index (Phi) is 2.67. The lowest BCUT2D eigenvalue weighted by atomic mass is 10.1. The van der Waals surface area contributed by atoms with E-state index in [-0.39, 0.29) is 5.69 Å². The Labute approximate surface area is 115 Å². The average Bonchev–Trinajstić information content (AvgIpc) is 2.84. The first-order chi connectivity index (χ1) is 9.74. The van der Waals surface area contributed by atoms with Gasteiger partial charge in [-0.05, 0) is 25.1 Å². The fourth-order valence-corrected chi connectivity index (χ4v) is 2.18. The monoisotopic (exact) mass is 259 g/mol. The largest absolute Gasteiger partial charge is 0.217 e. The van der Waals surface area contributed by atoms with E-state index < -0.39 is 0 Å². The molecule has 0 bridgehead atoms. The molecule has 2 heterocycles. The molecular formula is C15H9N5. The van der Waals surface area contributed by atoms with Gasteiger partial charge in [-0.15, -0.1) is 0 Å². The number of hydrogen-bond donors (Lipinski definition) is 0.